The number of carbonyl (C=O) groups is 2. The second-order valence-corrected chi connectivity index (χ2v) is 7.03. The number of carbonyl (C=O) groups excluding carboxylic acids is 2. The number of benzene rings is 1. The highest BCUT2D eigenvalue weighted by atomic mass is 19.4. The average molecular weight is 457 g/mol. The van der Waals surface area contributed by atoms with Crippen LogP contribution >= 0.6 is 0 Å². The van der Waals surface area contributed by atoms with E-state index in [0.29, 0.717) is 6.07 Å². The number of nitrogens with one attached hydrogen (secondary N) is 1. The van der Waals surface area contributed by atoms with Gasteiger partial charge in [0.2, 0.25) is 5.43 Å². The van der Waals surface area contributed by atoms with Crippen LogP contribution in [0.15, 0.2) is 29.2 Å². The van der Waals surface area contributed by atoms with E-state index in [-0.39, 0.29) is 31.9 Å². The van der Waals surface area contributed by atoms with Gasteiger partial charge in [-0.3, -0.25) is 14.4 Å². The molecule has 0 bridgehead atoms. The van der Waals surface area contributed by atoms with Gasteiger partial charge in [-0.15, -0.1) is 0 Å². The Labute approximate surface area is 179 Å². The zero-order valence-electron chi connectivity index (χ0n) is 16.8. The number of rotatable bonds is 6. The van der Waals surface area contributed by atoms with Gasteiger partial charge in [0, 0.05) is 39.5 Å². The maximum atomic E-state index is 13.2. The molecule has 172 valence electrons. The van der Waals surface area contributed by atoms with E-state index in [4.69, 9.17) is 4.74 Å². The fourth-order valence-electron chi connectivity index (χ4n) is 3.34. The van der Waals surface area contributed by atoms with Crippen LogP contribution in [0.25, 0.3) is 0 Å². The molecule has 1 aliphatic heterocycles. The number of pyridine rings is 1. The van der Waals surface area contributed by atoms with Crippen molar-refractivity contribution in [1.29, 1.82) is 0 Å². The third kappa shape index (κ3) is 4.59. The summed E-state index contributed by atoms with van der Waals surface area (Å²) in [6.45, 7) is 0.267. The highest BCUT2D eigenvalue weighted by Gasteiger charge is 2.34. The van der Waals surface area contributed by atoms with E-state index in [2.05, 4.69) is 5.32 Å². The van der Waals surface area contributed by atoms with Gasteiger partial charge >= 0.3 is 6.18 Å². The van der Waals surface area contributed by atoms with Crippen molar-refractivity contribution in [1.82, 2.24) is 14.8 Å². The van der Waals surface area contributed by atoms with Gasteiger partial charge in [0.15, 0.2) is 11.4 Å². The molecule has 0 spiro atoms. The molecule has 8 nitrogen and oxygen atoms in total. The number of amides is 2. The number of hydrogen-bond donors (Lipinski definition) is 2. The van der Waals surface area contributed by atoms with Crippen molar-refractivity contribution in [2.75, 3.05) is 26.8 Å². The Morgan fingerprint density at radius 3 is 2.62 bits per heavy atom. The molecular weight excluding hydrogens is 438 g/mol. The Kier molecular flexibility index (Phi) is 6.53. The van der Waals surface area contributed by atoms with Crippen LogP contribution in [0.4, 0.5) is 17.6 Å². The molecule has 0 saturated heterocycles. The predicted molar refractivity (Wildman–Crippen MR) is 103 cm³/mol. The number of fused-ring (bicyclic) bond motifs is 1. The number of halogens is 4. The molecule has 12 heteroatoms. The van der Waals surface area contributed by atoms with Gasteiger partial charge in [-0.2, -0.15) is 13.2 Å². The van der Waals surface area contributed by atoms with E-state index in [9.17, 15) is 37.1 Å². The average Bonchev–Trinajstić information content (AvgIpc) is 2.73. The smallest absolute Gasteiger partial charge is 0.416 e. The molecule has 0 fully saturated rings. The molecule has 0 unspecified atom stereocenters. The Bertz CT molecular complexity index is 1110. The van der Waals surface area contributed by atoms with Gasteiger partial charge in [0.1, 0.15) is 11.4 Å². The zero-order chi connectivity index (χ0) is 23.6. The fourth-order valence-corrected chi connectivity index (χ4v) is 3.34. The van der Waals surface area contributed by atoms with Gasteiger partial charge in [-0.05, 0) is 17.7 Å². The third-order valence-electron chi connectivity index (χ3n) is 4.98. The summed E-state index contributed by atoms with van der Waals surface area (Å²) < 4.78 is 58.7. The first kappa shape index (κ1) is 23.3. The number of ether oxygens (including phenoxy) is 1. The Morgan fingerprint density at radius 2 is 1.97 bits per heavy atom. The highest BCUT2D eigenvalue weighted by molar-refractivity contribution is 5.99. The topological polar surface area (TPSA) is 101 Å². The Hall–Kier alpha value is -3.41. The van der Waals surface area contributed by atoms with Crippen molar-refractivity contribution in [2.24, 2.45) is 0 Å². The minimum Gasteiger partial charge on any atom is -0.503 e. The highest BCUT2D eigenvalue weighted by Crippen LogP contribution is 2.32. The quantitative estimate of drug-likeness (QED) is 0.644. The summed E-state index contributed by atoms with van der Waals surface area (Å²) in [7, 11) is 1.46. The van der Waals surface area contributed by atoms with Crippen molar-refractivity contribution < 1.29 is 37.0 Å². The number of alkyl halides is 3. The molecule has 3 rings (SSSR count). The molecule has 32 heavy (non-hydrogen) atoms. The summed E-state index contributed by atoms with van der Waals surface area (Å²) in [5.41, 5.74) is -3.62. The van der Waals surface area contributed by atoms with Crippen LogP contribution in [0.2, 0.25) is 0 Å². The Morgan fingerprint density at radius 1 is 1.25 bits per heavy atom. The summed E-state index contributed by atoms with van der Waals surface area (Å²) >= 11 is 0. The number of aromatic hydroxyl groups is 1. The molecule has 2 heterocycles. The van der Waals surface area contributed by atoms with Gasteiger partial charge in [-0.1, -0.05) is 6.07 Å². The molecule has 1 aromatic carbocycles. The number of methoxy groups -OCH3 is 1. The molecule has 0 saturated carbocycles. The van der Waals surface area contributed by atoms with Crippen LogP contribution < -0.4 is 10.7 Å². The molecule has 1 aromatic heterocycles. The van der Waals surface area contributed by atoms with Crippen LogP contribution in [0.3, 0.4) is 0 Å². The second-order valence-electron chi connectivity index (χ2n) is 7.03. The van der Waals surface area contributed by atoms with Crippen LogP contribution in [0.1, 0.15) is 32.0 Å². The molecule has 2 N–H and O–H groups in total. The van der Waals surface area contributed by atoms with E-state index in [1.54, 1.807) is 0 Å². The maximum absolute atomic E-state index is 13.2. The third-order valence-corrected chi connectivity index (χ3v) is 4.98. The summed E-state index contributed by atoms with van der Waals surface area (Å²) in [5.74, 6) is -3.68. The number of nitrogens with zero attached hydrogens (tertiary/aromatic N) is 2. The van der Waals surface area contributed by atoms with Gasteiger partial charge < -0.3 is 24.6 Å². The molecular formula is C20H19F4N3O5. The molecule has 2 amide bonds. The van der Waals surface area contributed by atoms with E-state index in [0.717, 1.165) is 18.3 Å². The monoisotopic (exact) mass is 457 g/mol. The molecule has 0 radical (unpaired) electrons. The first-order valence-corrected chi connectivity index (χ1v) is 9.43. The van der Waals surface area contributed by atoms with Crippen molar-refractivity contribution in [3.05, 3.63) is 62.8 Å². The van der Waals surface area contributed by atoms with Crippen molar-refractivity contribution in [3.63, 3.8) is 0 Å². The lowest BCUT2D eigenvalue weighted by molar-refractivity contribution is -0.138. The second kappa shape index (κ2) is 8.99. The van der Waals surface area contributed by atoms with E-state index < -0.39 is 58.2 Å². The lowest BCUT2D eigenvalue weighted by Crippen LogP contribution is -2.44. The summed E-state index contributed by atoms with van der Waals surface area (Å²) in [6.07, 6.45) is -3.77. The first-order valence-electron chi connectivity index (χ1n) is 9.43. The SMILES string of the molecule is COCCN1CCn2cc(C(=O)NCc3ccc(F)cc3C(F)(F)F)c(=O)c(O)c2C1=O. The first-order chi connectivity index (χ1) is 15.0. The van der Waals surface area contributed by atoms with Gasteiger partial charge in [-0.25, -0.2) is 4.39 Å². The maximum Gasteiger partial charge on any atom is 0.416 e. The van der Waals surface area contributed by atoms with Crippen LogP contribution in [0, 0.1) is 5.82 Å². The van der Waals surface area contributed by atoms with Crippen molar-refractivity contribution >= 4 is 11.8 Å². The molecule has 0 atom stereocenters. The van der Waals surface area contributed by atoms with Crippen molar-refractivity contribution in [3.8, 4) is 5.75 Å². The number of hydrogen-bond acceptors (Lipinski definition) is 5. The standard InChI is InChI=1S/C20H19F4N3O5/c1-32-7-6-26-4-5-27-10-13(16(28)17(29)15(27)19(26)31)18(30)25-9-11-2-3-12(21)8-14(11)20(22,23)24/h2-3,8,10,29H,4-7,9H2,1H3,(H,25,30). The van der Waals surface area contributed by atoms with Gasteiger partial charge in [0.25, 0.3) is 11.8 Å². The number of aromatic nitrogens is 1. The normalized spacial score (nSPS) is 13.8. The minimum atomic E-state index is -4.85. The summed E-state index contributed by atoms with van der Waals surface area (Å²) in [4.78, 5) is 38.9. The van der Waals surface area contributed by atoms with E-state index in [1.807, 2.05) is 0 Å². The van der Waals surface area contributed by atoms with Crippen LogP contribution in [-0.2, 0) is 24.0 Å². The van der Waals surface area contributed by atoms with Gasteiger partial charge in [0.05, 0.1) is 12.2 Å². The molecule has 1 aliphatic rings. The summed E-state index contributed by atoms with van der Waals surface area (Å²) in [6, 6.07) is 2.00. The fraction of sp³-hybridized carbons (Fsp3) is 0.350. The van der Waals surface area contributed by atoms with Crippen molar-refractivity contribution in [2.45, 2.75) is 19.3 Å². The lowest BCUT2D eigenvalue weighted by Gasteiger charge is -2.30. The molecule has 2 aromatic rings. The predicted octanol–water partition coefficient (Wildman–Crippen LogP) is 1.74. The minimum absolute atomic E-state index is 0.176. The Balaban J connectivity index is 1.85. The zero-order valence-corrected chi connectivity index (χ0v) is 16.8. The van der Waals surface area contributed by atoms with E-state index >= 15 is 0 Å². The lowest BCUT2D eigenvalue weighted by atomic mass is 10.1. The largest absolute Gasteiger partial charge is 0.503 e. The van der Waals surface area contributed by atoms with E-state index in [1.165, 1.54) is 16.6 Å². The van der Waals surface area contributed by atoms with Crippen LogP contribution in [-0.4, -0.2) is 53.2 Å². The molecule has 0 aliphatic carbocycles. The van der Waals surface area contributed by atoms with Crippen LogP contribution in [0.5, 0.6) is 5.75 Å². The summed E-state index contributed by atoms with van der Waals surface area (Å²) in [5, 5.41) is 12.4.